The van der Waals surface area contributed by atoms with E-state index in [-0.39, 0.29) is 24.9 Å². The monoisotopic (exact) mass is 279 g/mol. The summed E-state index contributed by atoms with van der Waals surface area (Å²) in [4.78, 5) is 28.5. The van der Waals surface area contributed by atoms with Crippen LogP contribution in [0.15, 0.2) is 22.6 Å². The number of nitrogens with two attached hydrogens (primary N) is 1. The number of hydrogen-bond donors (Lipinski definition) is 1. The van der Waals surface area contributed by atoms with Crippen LogP contribution in [0.1, 0.15) is 6.42 Å². The highest BCUT2D eigenvalue weighted by Gasteiger charge is 2.36. The first kappa shape index (κ1) is 12.0. The molecule has 2 amide bonds. The molecule has 1 unspecified atom stereocenters. The number of benzene rings is 1. The zero-order valence-electron chi connectivity index (χ0n) is 9.80. The van der Waals surface area contributed by atoms with Gasteiger partial charge in [0, 0.05) is 18.0 Å². The molecule has 1 aromatic heterocycles. The third-order valence-electron chi connectivity index (χ3n) is 3.10. The molecule has 2 heterocycles. The van der Waals surface area contributed by atoms with Crippen LogP contribution in [0.2, 0.25) is 5.02 Å². The number of hydrogen-bond acceptors (Lipinski definition) is 4. The highest BCUT2D eigenvalue weighted by molar-refractivity contribution is 6.31. The second-order valence-electron chi connectivity index (χ2n) is 4.42. The number of halogens is 1. The van der Waals surface area contributed by atoms with Gasteiger partial charge < -0.3 is 10.2 Å². The van der Waals surface area contributed by atoms with Gasteiger partial charge >= 0.3 is 6.01 Å². The molecule has 1 aliphatic heterocycles. The third-order valence-corrected chi connectivity index (χ3v) is 3.33. The Morgan fingerprint density at radius 1 is 1.53 bits per heavy atom. The highest BCUT2D eigenvalue weighted by Crippen LogP contribution is 2.28. The van der Waals surface area contributed by atoms with Crippen molar-refractivity contribution in [3.8, 4) is 0 Å². The van der Waals surface area contributed by atoms with Crippen molar-refractivity contribution in [1.82, 2.24) is 4.98 Å². The maximum Gasteiger partial charge on any atom is 0.305 e. The van der Waals surface area contributed by atoms with E-state index in [0.29, 0.717) is 16.1 Å². The van der Waals surface area contributed by atoms with Crippen LogP contribution in [-0.2, 0) is 9.59 Å². The van der Waals surface area contributed by atoms with Gasteiger partial charge in [-0.3, -0.25) is 14.5 Å². The number of nitrogens with zero attached hydrogens (tertiary/aromatic N) is 2. The smallest absolute Gasteiger partial charge is 0.305 e. The van der Waals surface area contributed by atoms with Gasteiger partial charge in [0.15, 0.2) is 5.58 Å². The molecule has 98 valence electrons. The zero-order valence-corrected chi connectivity index (χ0v) is 10.6. The SMILES string of the molecule is NC(=O)C1CC(=O)N(c2nc3cc(Cl)ccc3o2)C1. The van der Waals surface area contributed by atoms with Crippen molar-refractivity contribution in [3.63, 3.8) is 0 Å². The first-order chi connectivity index (χ1) is 9.04. The number of carbonyl (C=O) groups excluding carboxylic acids is 2. The summed E-state index contributed by atoms with van der Waals surface area (Å²) in [6, 6.07) is 5.18. The summed E-state index contributed by atoms with van der Waals surface area (Å²) in [5, 5.41) is 0.537. The van der Waals surface area contributed by atoms with Gasteiger partial charge in [0.25, 0.3) is 0 Å². The molecule has 2 N–H and O–H groups in total. The van der Waals surface area contributed by atoms with Crippen LogP contribution in [0.25, 0.3) is 11.1 Å². The van der Waals surface area contributed by atoms with E-state index < -0.39 is 11.8 Å². The predicted molar refractivity (Wildman–Crippen MR) is 68.7 cm³/mol. The molecule has 0 aliphatic carbocycles. The number of carbonyl (C=O) groups is 2. The Kier molecular flexibility index (Phi) is 2.67. The Hall–Kier alpha value is -2.08. The minimum absolute atomic E-state index is 0.0921. The number of primary amides is 1. The van der Waals surface area contributed by atoms with Crippen molar-refractivity contribution in [1.29, 1.82) is 0 Å². The molecule has 19 heavy (non-hydrogen) atoms. The van der Waals surface area contributed by atoms with Crippen molar-refractivity contribution in [2.75, 3.05) is 11.4 Å². The summed E-state index contributed by atoms with van der Waals surface area (Å²) in [5.41, 5.74) is 6.31. The maximum absolute atomic E-state index is 11.8. The molecule has 1 saturated heterocycles. The summed E-state index contributed by atoms with van der Waals surface area (Å²) in [5.74, 6) is -1.21. The summed E-state index contributed by atoms with van der Waals surface area (Å²) in [6.45, 7) is 0.203. The number of amides is 2. The van der Waals surface area contributed by atoms with Crippen LogP contribution >= 0.6 is 11.6 Å². The molecule has 1 atom stereocenters. The first-order valence-corrected chi connectivity index (χ1v) is 6.08. The van der Waals surface area contributed by atoms with E-state index >= 15 is 0 Å². The Morgan fingerprint density at radius 2 is 2.32 bits per heavy atom. The fourth-order valence-corrected chi connectivity index (χ4v) is 2.25. The number of rotatable bonds is 2. The first-order valence-electron chi connectivity index (χ1n) is 5.70. The molecule has 3 rings (SSSR count). The minimum atomic E-state index is -0.494. The van der Waals surface area contributed by atoms with E-state index in [4.69, 9.17) is 21.8 Å². The van der Waals surface area contributed by atoms with Gasteiger partial charge in [0.05, 0.1) is 5.92 Å². The molecular weight excluding hydrogens is 270 g/mol. The van der Waals surface area contributed by atoms with Crippen molar-refractivity contribution in [3.05, 3.63) is 23.2 Å². The van der Waals surface area contributed by atoms with Crippen LogP contribution < -0.4 is 10.6 Å². The molecule has 0 bridgehead atoms. The molecular formula is C12H10ClN3O3. The molecule has 1 aliphatic rings. The third kappa shape index (κ3) is 2.04. The number of oxazole rings is 1. The van der Waals surface area contributed by atoms with Gasteiger partial charge in [-0.05, 0) is 18.2 Å². The molecule has 0 spiro atoms. The van der Waals surface area contributed by atoms with Crippen LogP contribution in [0, 0.1) is 5.92 Å². The van der Waals surface area contributed by atoms with Crippen LogP contribution in [0.5, 0.6) is 0 Å². The molecule has 7 heteroatoms. The lowest BCUT2D eigenvalue weighted by Crippen LogP contribution is -2.28. The molecule has 1 fully saturated rings. The molecule has 1 aromatic carbocycles. The van der Waals surface area contributed by atoms with E-state index in [1.165, 1.54) is 4.90 Å². The Morgan fingerprint density at radius 3 is 3.00 bits per heavy atom. The van der Waals surface area contributed by atoms with Crippen LogP contribution in [0.3, 0.4) is 0 Å². The quantitative estimate of drug-likeness (QED) is 0.898. The normalized spacial score (nSPS) is 19.3. The Bertz CT molecular complexity index is 682. The standard InChI is InChI=1S/C12H10ClN3O3/c13-7-1-2-9-8(4-7)15-12(19-9)16-5-6(11(14)18)3-10(16)17/h1-2,4,6H,3,5H2,(H2,14,18). The number of fused-ring (bicyclic) bond motifs is 1. The lowest BCUT2D eigenvalue weighted by atomic mass is 10.1. The second kappa shape index (κ2) is 4.24. The largest absolute Gasteiger partial charge is 0.423 e. The van der Waals surface area contributed by atoms with E-state index in [1.54, 1.807) is 18.2 Å². The fourth-order valence-electron chi connectivity index (χ4n) is 2.09. The van der Waals surface area contributed by atoms with Crippen LogP contribution in [-0.4, -0.2) is 23.3 Å². The molecule has 6 nitrogen and oxygen atoms in total. The topological polar surface area (TPSA) is 89.4 Å². The lowest BCUT2D eigenvalue weighted by Gasteiger charge is -2.09. The van der Waals surface area contributed by atoms with Crippen molar-refractivity contribution in [2.24, 2.45) is 11.7 Å². The van der Waals surface area contributed by atoms with Crippen molar-refractivity contribution >= 4 is 40.5 Å². The highest BCUT2D eigenvalue weighted by atomic mass is 35.5. The summed E-state index contributed by atoms with van der Waals surface area (Å²) < 4.78 is 5.49. The number of anilines is 1. The summed E-state index contributed by atoms with van der Waals surface area (Å²) >= 11 is 5.86. The molecule has 2 aromatic rings. The maximum atomic E-state index is 11.8. The summed E-state index contributed by atoms with van der Waals surface area (Å²) in [6.07, 6.45) is 0.0921. The second-order valence-corrected chi connectivity index (χ2v) is 4.85. The summed E-state index contributed by atoms with van der Waals surface area (Å²) in [7, 11) is 0. The van der Waals surface area contributed by atoms with Gasteiger partial charge in [-0.2, -0.15) is 4.98 Å². The minimum Gasteiger partial charge on any atom is -0.423 e. The van der Waals surface area contributed by atoms with E-state index in [0.717, 1.165) is 0 Å². The van der Waals surface area contributed by atoms with Crippen LogP contribution in [0.4, 0.5) is 6.01 Å². The van der Waals surface area contributed by atoms with Crippen molar-refractivity contribution < 1.29 is 14.0 Å². The number of aromatic nitrogens is 1. The lowest BCUT2D eigenvalue weighted by molar-refractivity contribution is -0.123. The van der Waals surface area contributed by atoms with Gasteiger partial charge in [-0.1, -0.05) is 11.6 Å². The van der Waals surface area contributed by atoms with E-state index in [9.17, 15) is 9.59 Å². The Balaban J connectivity index is 1.96. The van der Waals surface area contributed by atoms with Gasteiger partial charge in [0.1, 0.15) is 5.52 Å². The van der Waals surface area contributed by atoms with E-state index in [2.05, 4.69) is 4.98 Å². The molecule has 0 saturated carbocycles. The molecule has 0 radical (unpaired) electrons. The van der Waals surface area contributed by atoms with Gasteiger partial charge in [-0.25, -0.2) is 0 Å². The average molecular weight is 280 g/mol. The fraction of sp³-hybridized carbons (Fsp3) is 0.250. The van der Waals surface area contributed by atoms with Crippen molar-refractivity contribution in [2.45, 2.75) is 6.42 Å². The zero-order chi connectivity index (χ0) is 13.6. The average Bonchev–Trinajstić information content (AvgIpc) is 2.91. The van der Waals surface area contributed by atoms with E-state index in [1.807, 2.05) is 0 Å². The van der Waals surface area contributed by atoms with Gasteiger partial charge in [0.2, 0.25) is 11.8 Å². The van der Waals surface area contributed by atoms with Gasteiger partial charge in [-0.15, -0.1) is 0 Å². The Labute approximate surface area is 113 Å². The predicted octanol–water partition coefficient (Wildman–Crippen LogP) is 1.32.